The smallest absolute Gasteiger partial charge is 0.407 e. The molecule has 214 valence electrons. The second-order valence-corrected chi connectivity index (χ2v) is 10.9. The average molecular weight is 548 g/mol. The lowest BCUT2D eigenvalue weighted by Gasteiger charge is -2.34. The van der Waals surface area contributed by atoms with Gasteiger partial charge in [-0.3, -0.25) is 4.90 Å². The molecule has 2 fully saturated rings. The van der Waals surface area contributed by atoms with Crippen LogP contribution in [0.5, 0.6) is 5.75 Å². The number of anilines is 3. The number of aromatic nitrogens is 2. The summed E-state index contributed by atoms with van der Waals surface area (Å²) in [5.74, 6) is 2.35. The number of hydrogen-bond acceptors (Lipinski definition) is 8. The lowest BCUT2D eigenvalue weighted by Crippen LogP contribution is -2.39. The number of carboxylic acid groups (broad SMARTS) is 1. The number of hydrogen-bond donors (Lipinski definition) is 3. The fourth-order valence-electron chi connectivity index (χ4n) is 5.98. The zero-order valence-corrected chi connectivity index (χ0v) is 23.8. The van der Waals surface area contributed by atoms with Gasteiger partial charge >= 0.3 is 6.09 Å². The second kappa shape index (κ2) is 12.6. The third kappa shape index (κ3) is 6.33. The molecule has 2 aromatic carbocycles. The minimum atomic E-state index is -0.831. The fraction of sp³-hybridized carbons (Fsp3) is 0.500. The Morgan fingerprint density at radius 1 is 1.07 bits per heavy atom. The number of amides is 1. The summed E-state index contributed by atoms with van der Waals surface area (Å²) in [6.07, 6.45) is 3.77. The fourth-order valence-corrected chi connectivity index (χ4v) is 5.98. The van der Waals surface area contributed by atoms with Gasteiger partial charge in [0.2, 0.25) is 5.95 Å². The molecule has 2 aliphatic rings. The van der Waals surface area contributed by atoms with Gasteiger partial charge in [-0.05, 0) is 56.4 Å². The van der Waals surface area contributed by atoms with Crippen molar-refractivity contribution in [3.8, 4) is 5.75 Å². The molecule has 2 saturated heterocycles. The molecule has 0 spiro atoms. The van der Waals surface area contributed by atoms with E-state index in [1.807, 2.05) is 30.3 Å². The second-order valence-electron chi connectivity index (χ2n) is 10.9. The molecule has 1 atom stereocenters. The first-order valence-corrected chi connectivity index (χ1v) is 14.2. The molecule has 0 bridgehead atoms. The van der Waals surface area contributed by atoms with E-state index in [0.717, 1.165) is 74.2 Å². The van der Waals surface area contributed by atoms with Crippen molar-refractivity contribution in [1.82, 2.24) is 19.8 Å². The molecule has 3 aromatic rings. The van der Waals surface area contributed by atoms with Crippen LogP contribution in [0, 0.1) is 0 Å². The van der Waals surface area contributed by atoms with Gasteiger partial charge in [0.15, 0.2) is 0 Å². The lowest BCUT2D eigenvalue weighted by atomic mass is 10.0. The molecule has 0 aliphatic carbocycles. The molecule has 2 aliphatic heterocycles. The van der Waals surface area contributed by atoms with Crippen LogP contribution in [0.1, 0.15) is 37.7 Å². The van der Waals surface area contributed by atoms with E-state index in [2.05, 4.69) is 46.7 Å². The van der Waals surface area contributed by atoms with Crippen molar-refractivity contribution in [2.24, 2.45) is 0 Å². The molecule has 3 heterocycles. The van der Waals surface area contributed by atoms with Crippen molar-refractivity contribution in [2.75, 3.05) is 62.9 Å². The Morgan fingerprint density at radius 3 is 2.62 bits per heavy atom. The maximum Gasteiger partial charge on any atom is 0.407 e. The van der Waals surface area contributed by atoms with Gasteiger partial charge in [-0.1, -0.05) is 18.2 Å². The molecule has 5 rings (SSSR count). The van der Waals surface area contributed by atoms with Crippen LogP contribution >= 0.6 is 0 Å². The van der Waals surface area contributed by atoms with Crippen molar-refractivity contribution in [3.05, 3.63) is 48.0 Å². The third-order valence-corrected chi connectivity index (χ3v) is 8.11. The number of para-hydroxylation sites is 1. The maximum absolute atomic E-state index is 11.5. The van der Waals surface area contributed by atoms with Gasteiger partial charge in [-0.2, -0.15) is 4.98 Å². The standard InChI is InChI=1S/C30H41N7O3/c1-35(2)26-11-6-12-27(40-3)24(26)20-36-18-14-21(15-19-36)32-28-23-9-4-5-10-25(23)33-29(34-28)31-16-13-22-8-7-17-37(22)30(38)39/h4-6,9-12,21-22H,7-8,13-20H2,1-3H3,(H,38,39)(H2,31,32,33,34). The third-order valence-electron chi connectivity index (χ3n) is 8.11. The van der Waals surface area contributed by atoms with E-state index in [4.69, 9.17) is 14.7 Å². The van der Waals surface area contributed by atoms with Gasteiger partial charge in [-0.15, -0.1) is 0 Å². The van der Waals surface area contributed by atoms with Crippen LogP contribution in [0.25, 0.3) is 10.9 Å². The van der Waals surface area contributed by atoms with Crippen LogP contribution < -0.4 is 20.3 Å². The number of nitrogens with zero attached hydrogens (tertiary/aromatic N) is 5. The number of benzene rings is 2. The van der Waals surface area contributed by atoms with Crippen LogP contribution in [0.2, 0.25) is 0 Å². The van der Waals surface area contributed by atoms with E-state index in [0.29, 0.717) is 25.1 Å². The van der Waals surface area contributed by atoms with E-state index in [1.165, 1.54) is 11.3 Å². The number of fused-ring (bicyclic) bond motifs is 1. The average Bonchev–Trinajstić information content (AvgIpc) is 3.43. The Bertz CT molecular complexity index is 1310. The highest BCUT2D eigenvalue weighted by molar-refractivity contribution is 5.90. The summed E-state index contributed by atoms with van der Waals surface area (Å²) < 4.78 is 5.69. The van der Waals surface area contributed by atoms with Gasteiger partial charge in [0.25, 0.3) is 0 Å². The quantitative estimate of drug-likeness (QED) is 0.332. The normalized spacial score (nSPS) is 18.2. The Labute approximate surface area is 236 Å². The number of rotatable bonds is 10. The molecular formula is C30H41N7O3. The molecular weight excluding hydrogens is 506 g/mol. The maximum atomic E-state index is 11.5. The van der Waals surface area contributed by atoms with Crippen LogP contribution in [0.15, 0.2) is 42.5 Å². The van der Waals surface area contributed by atoms with Crippen molar-refractivity contribution in [1.29, 1.82) is 0 Å². The Hall–Kier alpha value is -3.79. The van der Waals surface area contributed by atoms with E-state index >= 15 is 0 Å². The van der Waals surface area contributed by atoms with Gasteiger partial charge in [0.05, 0.1) is 12.6 Å². The topological polar surface area (TPSA) is 106 Å². The molecule has 1 amide bonds. The van der Waals surface area contributed by atoms with Crippen molar-refractivity contribution in [2.45, 2.75) is 50.7 Å². The molecule has 1 unspecified atom stereocenters. The highest BCUT2D eigenvalue weighted by Gasteiger charge is 2.28. The van der Waals surface area contributed by atoms with E-state index in [9.17, 15) is 9.90 Å². The molecule has 3 N–H and O–H groups in total. The minimum Gasteiger partial charge on any atom is -0.496 e. The number of ether oxygens (including phenoxy) is 1. The molecule has 10 heteroatoms. The first-order chi connectivity index (χ1) is 19.4. The number of likely N-dealkylation sites (tertiary alicyclic amines) is 2. The van der Waals surface area contributed by atoms with Crippen LogP contribution in [0.3, 0.4) is 0 Å². The van der Waals surface area contributed by atoms with Gasteiger partial charge in [0, 0.05) is 75.5 Å². The lowest BCUT2D eigenvalue weighted by molar-refractivity contribution is 0.139. The predicted octanol–water partition coefficient (Wildman–Crippen LogP) is 4.73. The molecule has 10 nitrogen and oxygen atoms in total. The molecule has 40 heavy (non-hydrogen) atoms. The summed E-state index contributed by atoms with van der Waals surface area (Å²) in [5.41, 5.74) is 3.30. The summed E-state index contributed by atoms with van der Waals surface area (Å²) in [4.78, 5) is 27.3. The number of carbonyl (C=O) groups is 1. The highest BCUT2D eigenvalue weighted by atomic mass is 16.5. The van der Waals surface area contributed by atoms with Crippen molar-refractivity contribution < 1.29 is 14.6 Å². The predicted molar refractivity (Wildman–Crippen MR) is 160 cm³/mol. The van der Waals surface area contributed by atoms with E-state index in [-0.39, 0.29) is 6.04 Å². The highest BCUT2D eigenvalue weighted by Crippen LogP contribution is 2.31. The summed E-state index contributed by atoms with van der Waals surface area (Å²) >= 11 is 0. The minimum absolute atomic E-state index is 0.0536. The monoisotopic (exact) mass is 547 g/mol. The largest absolute Gasteiger partial charge is 0.496 e. The molecule has 0 saturated carbocycles. The summed E-state index contributed by atoms with van der Waals surface area (Å²) in [7, 11) is 5.88. The van der Waals surface area contributed by atoms with Crippen molar-refractivity contribution in [3.63, 3.8) is 0 Å². The zero-order valence-electron chi connectivity index (χ0n) is 23.8. The molecule has 1 aromatic heterocycles. The van der Waals surface area contributed by atoms with Crippen LogP contribution in [-0.2, 0) is 6.54 Å². The van der Waals surface area contributed by atoms with Gasteiger partial charge < -0.3 is 30.3 Å². The first kappa shape index (κ1) is 27.8. The summed E-state index contributed by atoms with van der Waals surface area (Å²) in [5, 5.41) is 17.5. The van der Waals surface area contributed by atoms with E-state index in [1.54, 1.807) is 12.0 Å². The van der Waals surface area contributed by atoms with Gasteiger partial charge in [-0.25, -0.2) is 9.78 Å². The number of methoxy groups -OCH3 is 1. The van der Waals surface area contributed by atoms with Crippen LogP contribution in [-0.4, -0.2) is 90.4 Å². The number of piperidine rings is 1. The summed E-state index contributed by atoms with van der Waals surface area (Å²) in [6.45, 7) is 4.07. The number of nitrogens with one attached hydrogen (secondary N) is 2. The Morgan fingerprint density at radius 2 is 1.88 bits per heavy atom. The van der Waals surface area contributed by atoms with Gasteiger partial charge in [0.1, 0.15) is 11.6 Å². The SMILES string of the molecule is COc1cccc(N(C)C)c1CN1CCC(Nc2nc(NCCC3CCCN3C(=O)O)nc3ccccc23)CC1. The van der Waals surface area contributed by atoms with Crippen molar-refractivity contribution >= 4 is 34.4 Å². The van der Waals surface area contributed by atoms with Crippen LogP contribution in [0.4, 0.5) is 22.2 Å². The Kier molecular flexibility index (Phi) is 8.74. The first-order valence-electron chi connectivity index (χ1n) is 14.2. The Balaban J connectivity index is 1.22. The zero-order chi connectivity index (χ0) is 28.1. The molecule has 0 radical (unpaired) electrons. The summed E-state index contributed by atoms with van der Waals surface area (Å²) in [6, 6.07) is 14.7. The van der Waals surface area contributed by atoms with E-state index < -0.39 is 6.09 Å².